The summed E-state index contributed by atoms with van der Waals surface area (Å²) in [5.74, 6) is 1.12. The number of carbonyl (C=O) groups is 1. The first-order valence-electron chi connectivity index (χ1n) is 16.4. The Hall–Kier alpha value is -4.91. The number of pyridine rings is 1. The topological polar surface area (TPSA) is 123 Å². The van der Waals surface area contributed by atoms with Gasteiger partial charge in [-0.25, -0.2) is 14.4 Å². The summed E-state index contributed by atoms with van der Waals surface area (Å²) >= 11 is 5.88. The summed E-state index contributed by atoms with van der Waals surface area (Å²) in [6.07, 6.45) is 3.07. The molecule has 13 heteroatoms. The number of halogens is 2. The van der Waals surface area contributed by atoms with Gasteiger partial charge in [0.15, 0.2) is 0 Å². The molecule has 0 unspecified atom stereocenters. The molecule has 0 bridgehead atoms. The Morgan fingerprint density at radius 1 is 1.02 bits per heavy atom. The van der Waals surface area contributed by atoms with Gasteiger partial charge in [-0.15, -0.1) is 5.10 Å². The normalized spacial score (nSPS) is 17.0. The number of nitrogens with one attached hydrogen (secondary N) is 2. The van der Waals surface area contributed by atoms with Gasteiger partial charge in [-0.1, -0.05) is 28.9 Å². The Labute approximate surface area is 286 Å². The van der Waals surface area contributed by atoms with Gasteiger partial charge >= 0.3 is 0 Å². The molecule has 0 saturated carbocycles. The van der Waals surface area contributed by atoms with Crippen LogP contribution in [0.5, 0.6) is 5.88 Å². The molecule has 2 aliphatic rings. The van der Waals surface area contributed by atoms with Gasteiger partial charge in [0.2, 0.25) is 5.88 Å². The molecule has 1 atom stereocenters. The van der Waals surface area contributed by atoms with Crippen LogP contribution in [0.2, 0.25) is 5.02 Å². The zero-order valence-electron chi connectivity index (χ0n) is 26.6. The second-order valence-electron chi connectivity index (χ2n) is 12.6. The van der Waals surface area contributed by atoms with Crippen LogP contribution in [0.4, 0.5) is 10.1 Å². The summed E-state index contributed by atoms with van der Waals surface area (Å²) < 4.78 is 28.1. The van der Waals surface area contributed by atoms with Crippen LogP contribution in [0.1, 0.15) is 52.6 Å². The fourth-order valence-electron chi connectivity index (χ4n) is 6.52. The minimum Gasteiger partial charge on any atom is -0.473 e. The van der Waals surface area contributed by atoms with Gasteiger partial charge in [0.25, 0.3) is 5.91 Å². The summed E-state index contributed by atoms with van der Waals surface area (Å²) in [6.45, 7) is 4.05. The number of hydrogen-bond acceptors (Lipinski definition) is 8. The van der Waals surface area contributed by atoms with E-state index in [1.165, 1.54) is 6.07 Å². The first-order valence-corrected chi connectivity index (χ1v) is 16.8. The molecule has 2 N–H and O–H groups in total. The number of likely N-dealkylation sites (tertiary alicyclic amines) is 1. The summed E-state index contributed by atoms with van der Waals surface area (Å²) in [6, 6.07) is 21.5. The van der Waals surface area contributed by atoms with Crippen LogP contribution in [0.3, 0.4) is 0 Å². The fraction of sp³-hybridized carbons (Fsp3) is 0.306. The number of amides is 1. The first-order chi connectivity index (χ1) is 23.9. The zero-order chi connectivity index (χ0) is 33.3. The van der Waals surface area contributed by atoms with Crippen LogP contribution in [0.15, 0.2) is 72.8 Å². The van der Waals surface area contributed by atoms with E-state index in [9.17, 15) is 9.18 Å². The fourth-order valence-corrected chi connectivity index (χ4v) is 6.67. The second kappa shape index (κ2) is 13.5. The maximum absolute atomic E-state index is 14.2. The Kier molecular flexibility index (Phi) is 8.67. The summed E-state index contributed by atoms with van der Waals surface area (Å²) in [4.78, 5) is 25.4. The van der Waals surface area contributed by atoms with Crippen molar-refractivity contribution in [2.45, 2.75) is 51.0 Å². The van der Waals surface area contributed by atoms with Gasteiger partial charge in [-0.2, -0.15) is 0 Å². The molecule has 3 aromatic heterocycles. The van der Waals surface area contributed by atoms with Crippen molar-refractivity contribution in [1.29, 1.82) is 0 Å². The van der Waals surface area contributed by atoms with E-state index in [2.05, 4.69) is 30.2 Å². The third kappa shape index (κ3) is 6.85. The van der Waals surface area contributed by atoms with Gasteiger partial charge < -0.3 is 19.4 Å². The maximum Gasteiger partial charge on any atom is 0.255 e. The number of carbonyl (C=O) groups excluding carboxylic acids is 1. The Morgan fingerprint density at radius 3 is 2.71 bits per heavy atom. The Balaban J connectivity index is 0.936. The number of H-pyrrole nitrogens is 1. The van der Waals surface area contributed by atoms with Crippen LogP contribution in [-0.4, -0.2) is 66.6 Å². The van der Waals surface area contributed by atoms with Crippen molar-refractivity contribution in [3.63, 3.8) is 0 Å². The minimum atomic E-state index is -0.395. The van der Waals surface area contributed by atoms with Gasteiger partial charge in [0, 0.05) is 46.1 Å². The SMILES string of the molecule is O=C(Nc1ccc2[nH]nnc2c1)c1ccc2c(c1)nc(CN1CCC(c3cccc(OCc4ccc(Cl)cc4F)n3)CC1)n2C[C@@H]1CCO1. The second-order valence-corrected chi connectivity index (χ2v) is 13.0. The van der Waals surface area contributed by atoms with Crippen LogP contribution in [0, 0.1) is 5.82 Å². The van der Waals surface area contributed by atoms with E-state index in [1.807, 2.05) is 42.5 Å². The monoisotopic (exact) mass is 680 g/mol. The maximum atomic E-state index is 14.2. The number of rotatable bonds is 10. The number of benzene rings is 3. The molecule has 5 heterocycles. The smallest absolute Gasteiger partial charge is 0.255 e. The standard InChI is InChI=1S/C36H34ClFN8O3/c37-25-6-4-24(28(38)17-25)21-49-35-3-1-2-29(41-35)22-10-13-45(14-11-22)20-34-40-32-16-23(5-9-33(32)46(34)19-27-12-15-48-27)36(47)39-26-7-8-30-31(18-26)43-44-42-30/h1-9,16-18,22,27H,10-15,19-21H2,(H,39,47)(H,42,43,44)/t27-/m0/s1. The van der Waals surface area contributed by atoms with Crippen molar-refractivity contribution in [2.75, 3.05) is 25.0 Å². The van der Waals surface area contributed by atoms with Crippen molar-refractivity contribution in [2.24, 2.45) is 0 Å². The molecule has 0 aliphatic carbocycles. The highest BCUT2D eigenvalue weighted by Gasteiger charge is 2.26. The van der Waals surface area contributed by atoms with Crippen molar-refractivity contribution in [3.8, 4) is 5.88 Å². The first kappa shape index (κ1) is 31.4. The highest BCUT2D eigenvalue weighted by molar-refractivity contribution is 6.30. The van der Waals surface area contributed by atoms with Gasteiger partial charge in [0.05, 0.1) is 35.7 Å². The molecular formula is C36H34ClFN8O3. The Bertz CT molecular complexity index is 2140. The van der Waals surface area contributed by atoms with Crippen molar-refractivity contribution >= 4 is 45.3 Å². The lowest BCUT2D eigenvalue weighted by Crippen LogP contribution is -2.35. The molecule has 2 fully saturated rings. The van der Waals surface area contributed by atoms with Crippen LogP contribution in [-0.2, 0) is 24.4 Å². The van der Waals surface area contributed by atoms with Gasteiger partial charge in [0.1, 0.15) is 23.8 Å². The van der Waals surface area contributed by atoms with E-state index in [0.717, 1.165) is 73.6 Å². The predicted molar refractivity (Wildman–Crippen MR) is 183 cm³/mol. The molecule has 0 spiro atoms. The molecule has 2 saturated heterocycles. The van der Waals surface area contributed by atoms with Crippen LogP contribution < -0.4 is 10.1 Å². The number of fused-ring (bicyclic) bond motifs is 2. The molecule has 8 rings (SSSR count). The van der Waals surface area contributed by atoms with Crippen LogP contribution >= 0.6 is 11.6 Å². The van der Waals surface area contributed by atoms with Crippen molar-refractivity contribution in [1.82, 2.24) is 34.8 Å². The average Bonchev–Trinajstić information content (AvgIpc) is 3.70. The molecule has 2 aliphatic heterocycles. The molecule has 250 valence electrons. The third-order valence-electron chi connectivity index (χ3n) is 9.36. The lowest BCUT2D eigenvalue weighted by atomic mass is 9.93. The van der Waals surface area contributed by atoms with Gasteiger partial charge in [-0.05, 0) is 86.9 Å². The molecular weight excluding hydrogens is 647 g/mol. The van der Waals surface area contributed by atoms with E-state index in [-0.39, 0.29) is 18.6 Å². The summed E-state index contributed by atoms with van der Waals surface area (Å²) in [5, 5.41) is 14.0. The largest absolute Gasteiger partial charge is 0.473 e. The number of nitrogens with zero attached hydrogens (tertiary/aromatic N) is 6. The van der Waals surface area contributed by atoms with Gasteiger partial charge in [-0.3, -0.25) is 14.8 Å². The number of anilines is 1. The average molecular weight is 681 g/mol. The number of ether oxygens (including phenoxy) is 2. The Morgan fingerprint density at radius 2 is 1.90 bits per heavy atom. The number of hydrogen-bond donors (Lipinski definition) is 2. The van der Waals surface area contributed by atoms with E-state index >= 15 is 0 Å². The van der Waals surface area contributed by atoms with E-state index < -0.39 is 5.82 Å². The summed E-state index contributed by atoms with van der Waals surface area (Å²) in [5.41, 5.74) is 5.84. The molecule has 49 heavy (non-hydrogen) atoms. The summed E-state index contributed by atoms with van der Waals surface area (Å²) in [7, 11) is 0. The quantitative estimate of drug-likeness (QED) is 0.168. The lowest BCUT2D eigenvalue weighted by Gasteiger charge is -2.32. The molecule has 3 aromatic carbocycles. The van der Waals surface area contributed by atoms with Crippen molar-refractivity contribution in [3.05, 3.63) is 106 Å². The molecule has 6 aromatic rings. The minimum absolute atomic E-state index is 0.0803. The number of aromatic nitrogens is 6. The highest BCUT2D eigenvalue weighted by Crippen LogP contribution is 2.30. The number of imidazole rings is 1. The predicted octanol–water partition coefficient (Wildman–Crippen LogP) is 6.49. The molecule has 11 nitrogen and oxygen atoms in total. The number of piperidine rings is 1. The molecule has 1 amide bonds. The van der Waals surface area contributed by atoms with Crippen LogP contribution in [0.25, 0.3) is 22.1 Å². The van der Waals surface area contributed by atoms with E-state index in [0.29, 0.717) is 45.7 Å². The van der Waals surface area contributed by atoms with E-state index in [1.54, 1.807) is 24.3 Å². The van der Waals surface area contributed by atoms with Crippen molar-refractivity contribution < 1.29 is 18.7 Å². The third-order valence-corrected chi connectivity index (χ3v) is 9.59. The lowest BCUT2D eigenvalue weighted by molar-refractivity contribution is -0.0592. The van der Waals surface area contributed by atoms with E-state index in [4.69, 9.17) is 31.0 Å². The zero-order valence-corrected chi connectivity index (χ0v) is 27.4. The highest BCUT2D eigenvalue weighted by atomic mass is 35.5. The number of aromatic amines is 1. The molecule has 0 radical (unpaired) electrons.